The molecule has 0 spiro atoms. The average molecular weight is 279 g/mol. The fraction of sp³-hybridized carbons (Fsp3) is 0.944. The van der Waals surface area contributed by atoms with Gasteiger partial charge in [-0.2, -0.15) is 0 Å². The molecule has 0 aromatic carbocycles. The molecule has 4 unspecified atom stereocenters. The van der Waals surface area contributed by atoms with Gasteiger partial charge in [-0.05, 0) is 51.6 Å². The zero-order valence-corrected chi connectivity index (χ0v) is 14.0. The Morgan fingerprint density at radius 1 is 1.15 bits per heavy atom. The van der Waals surface area contributed by atoms with Gasteiger partial charge in [-0.25, -0.2) is 0 Å². The van der Waals surface area contributed by atoms with Gasteiger partial charge in [0, 0.05) is 5.92 Å². The van der Waals surface area contributed by atoms with Crippen molar-refractivity contribution in [3.05, 3.63) is 0 Å². The molecule has 0 bridgehead atoms. The predicted molar refractivity (Wildman–Crippen MR) is 84.8 cm³/mol. The molecule has 2 aliphatic carbocycles. The third-order valence-corrected chi connectivity index (χ3v) is 6.06. The lowest BCUT2D eigenvalue weighted by atomic mass is 9.65. The minimum atomic E-state index is -0.160. The highest BCUT2D eigenvalue weighted by molar-refractivity contribution is 5.91. The van der Waals surface area contributed by atoms with Crippen molar-refractivity contribution in [1.29, 1.82) is 0 Å². The lowest BCUT2D eigenvalue weighted by Gasteiger charge is -2.47. The molecule has 2 nitrogen and oxygen atoms in total. The first kappa shape index (κ1) is 16.0. The first-order chi connectivity index (χ1) is 9.51. The minimum Gasteiger partial charge on any atom is -0.297 e. The van der Waals surface area contributed by atoms with E-state index in [1.165, 1.54) is 38.5 Å². The molecule has 0 amide bonds. The summed E-state index contributed by atoms with van der Waals surface area (Å²) >= 11 is 0. The molecule has 2 aliphatic rings. The maximum absolute atomic E-state index is 13.4. The second kappa shape index (κ2) is 6.60. The van der Waals surface area contributed by atoms with Gasteiger partial charge in [-0.1, -0.05) is 46.0 Å². The smallest absolute Gasteiger partial charge is 0.156 e. The Morgan fingerprint density at radius 2 is 1.85 bits per heavy atom. The van der Waals surface area contributed by atoms with Crippen LogP contribution in [0, 0.1) is 17.8 Å². The first-order valence-corrected chi connectivity index (χ1v) is 8.73. The van der Waals surface area contributed by atoms with Crippen molar-refractivity contribution < 1.29 is 4.79 Å². The van der Waals surface area contributed by atoms with Gasteiger partial charge < -0.3 is 0 Å². The van der Waals surface area contributed by atoms with Gasteiger partial charge in [-0.15, -0.1) is 0 Å². The van der Waals surface area contributed by atoms with E-state index in [9.17, 15) is 4.79 Å². The molecule has 0 aromatic heterocycles. The van der Waals surface area contributed by atoms with Gasteiger partial charge >= 0.3 is 0 Å². The van der Waals surface area contributed by atoms with Crippen LogP contribution < -0.4 is 0 Å². The third kappa shape index (κ3) is 2.95. The molecule has 2 heteroatoms. The molecule has 0 radical (unpaired) electrons. The van der Waals surface area contributed by atoms with Gasteiger partial charge in [0.15, 0.2) is 5.78 Å². The van der Waals surface area contributed by atoms with E-state index in [1.54, 1.807) is 0 Å². The minimum absolute atomic E-state index is 0.160. The van der Waals surface area contributed by atoms with Crippen LogP contribution in [0.5, 0.6) is 0 Å². The number of rotatable bonds is 4. The SMILES string of the molecule is CCC1CCCCC1C(=O)C1(N(C)C)CCCC(C)C1. The predicted octanol–water partition coefficient (Wildman–Crippen LogP) is 4.28. The summed E-state index contributed by atoms with van der Waals surface area (Å²) in [4.78, 5) is 15.6. The maximum Gasteiger partial charge on any atom is 0.156 e. The van der Waals surface area contributed by atoms with E-state index in [0.29, 0.717) is 23.5 Å². The quantitative estimate of drug-likeness (QED) is 0.765. The van der Waals surface area contributed by atoms with Crippen molar-refractivity contribution in [3.63, 3.8) is 0 Å². The Kier molecular flexibility index (Phi) is 5.28. The van der Waals surface area contributed by atoms with Gasteiger partial charge in [0.05, 0.1) is 5.54 Å². The van der Waals surface area contributed by atoms with E-state index in [2.05, 4.69) is 32.8 Å². The van der Waals surface area contributed by atoms with Gasteiger partial charge in [0.25, 0.3) is 0 Å². The molecule has 116 valence electrons. The maximum atomic E-state index is 13.4. The molecule has 0 aromatic rings. The lowest BCUT2D eigenvalue weighted by molar-refractivity contribution is -0.140. The van der Waals surface area contributed by atoms with E-state index in [0.717, 1.165) is 19.3 Å². The Balaban J connectivity index is 2.22. The summed E-state index contributed by atoms with van der Waals surface area (Å²) in [5.41, 5.74) is -0.160. The average Bonchev–Trinajstić information content (AvgIpc) is 2.46. The molecule has 2 saturated carbocycles. The van der Waals surface area contributed by atoms with Gasteiger partial charge in [0.2, 0.25) is 0 Å². The molecule has 2 rings (SSSR count). The number of carbonyl (C=O) groups excluding carboxylic acids is 1. The van der Waals surface area contributed by atoms with E-state index < -0.39 is 0 Å². The fourth-order valence-corrected chi connectivity index (χ4v) is 4.76. The summed E-state index contributed by atoms with van der Waals surface area (Å²) in [6.45, 7) is 4.59. The van der Waals surface area contributed by atoms with Crippen molar-refractivity contribution in [1.82, 2.24) is 4.90 Å². The lowest BCUT2D eigenvalue weighted by Crippen LogP contribution is -2.57. The van der Waals surface area contributed by atoms with E-state index in [4.69, 9.17) is 0 Å². The summed E-state index contributed by atoms with van der Waals surface area (Å²) in [5, 5.41) is 0. The summed E-state index contributed by atoms with van der Waals surface area (Å²) in [5.74, 6) is 2.26. The molecular weight excluding hydrogens is 246 g/mol. The van der Waals surface area contributed by atoms with Crippen molar-refractivity contribution in [3.8, 4) is 0 Å². The summed E-state index contributed by atoms with van der Waals surface area (Å²) < 4.78 is 0. The number of ketones is 1. The summed E-state index contributed by atoms with van der Waals surface area (Å²) in [7, 11) is 4.25. The molecule has 0 N–H and O–H groups in total. The number of hydrogen-bond donors (Lipinski definition) is 0. The van der Waals surface area contributed by atoms with Crippen LogP contribution in [-0.2, 0) is 4.79 Å². The van der Waals surface area contributed by atoms with Crippen LogP contribution in [0.25, 0.3) is 0 Å². The van der Waals surface area contributed by atoms with Crippen LogP contribution in [0.1, 0.15) is 71.6 Å². The zero-order chi connectivity index (χ0) is 14.8. The van der Waals surface area contributed by atoms with E-state index in [-0.39, 0.29) is 5.54 Å². The highest BCUT2D eigenvalue weighted by Gasteiger charge is 2.47. The van der Waals surface area contributed by atoms with E-state index in [1.807, 2.05) is 0 Å². The van der Waals surface area contributed by atoms with Crippen LogP contribution in [0.15, 0.2) is 0 Å². The van der Waals surface area contributed by atoms with Gasteiger partial charge in [-0.3, -0.25) is 9.69 Å². The monoisotopic (exact) mass is 279 g/mol. The molecule has 0 saturated heterocycles. The highest BCUT2D eigenvalue weighted by atomic mass is 16.1. The normalized spacial score (nSPS) is 39.0. The van der Waals surface area contributed by atoms with Crippen LogP contribution in [-0.4, -0.2) is 30.3 Å². The molecule has 20 heavy (non-hydrogen) atoms. The van der Waals surface area contributed by atoms with Crippen LogP contribution in [0.2, 0.25) is 0 Å². The molecule has 0 aliphatic heterocycles. The topological polar surface area (TPSA) is 20.3 Å². The van der Waals surface area contributed by atoms with Crippen LogP contribution >= 0.6 is 0 Å². The third-order valence-electron chi connectivity index (χ3n) is 6.06. The number of nitrogens with zero attached hydrogens (tertiary/aromatic N) is 1. The van der Waals surface area contributed by atoms with Crippen LogP contribution in [0.4, 0.5) is 0 Å². The standard InChI is InChI=1S/C18H33NO/c1-5-15-10-6-7-11-16(15)17(20)18(19(3)4)12-8-9-14(2)13-18/h14-16H,5-13H2,1-4H3. The molecule has 4 atom stereocenters. The fourth-order valence-electron chi connectivity index (χ4n) is 4.76. The van der Waals surface area contributed by atoms with Crippen molar-refractivity contribution >= 4 is 5.78 Å². The van der Waals surface area contributed by atoms with Crippen molar-refractivity contribution in [2.75, 3.05) is 14.1 Å². The molecule has 2 fully saturated rings. The Morgan fingerprint density at radius 3 is 2.45 bits per heavy atom. The van der Waals surface area contributed by atoms with Crippen molar-refractivity contribution in [2.45, 2.75) is 77.2 Å². The van der Waals surface area contributed by atoms with Crippen molar-refractivity contribution in [2.24, 2.45) is 17.8 Å². The Labute approximate surface area is 125 Å². The molecule has 0 heterocycles. The second-order valence-electron chi connectivity index (χ2n) is 7.55. The number of carbonyl (C=O) groups is 1. The zero-order valence-electron chi connectivity index (χ0n) is 14.0. The van der Waals surface area contributed by atoms with Crippen LogP contribution in [0.3, 0.4) is 0 Å². The molecular formula is C18H33NO. The van der Waals surface area contributed by atoms with E-state index >= 15 is 0 Å². The number of Topliss-reactive ketones (excluding diaryl/α,β-unsaturated/α-hetero) is 1. The summed E-state index contributed by atoms with van der Waals surface area (Å²) in [6.07, 6.45) is 10.8. The number of likely N-dealkylation sites (N-methyl/N-ethyl adjacent to an activating group) is 1. The second-order valence-corrected chi connectivity index (χ2v) is 7.55. The highest BCUT2D eigenvalue weighted by Crippen LogP contribution is 2.42. The largest absolute Gasteiger partial charge is 0.297 e. The number of hydrogen-bond acceptors (Lipinski definition) is 2. The first-order valence-electron chi connectivity index (χ1n) is 8.73. The van der Waals surface area contributed by atoms with Gasteiger partial charge in [0.1, 0.15) is 0 Å². The summed E-state index contributed by atoms with van der Waals surface area (Å²) in [6, 6.07) is 0. The Hall–Kier alpha value is -0.370. The Bertz CT molecular complexity index is 338.